The van der Waals surface area contributed by atoms with Gasteiger partial charge in [0.2, 0.25) is 0 Å². The summed E-state index contributed by atoms with van der Waals surface area (Å²) in [5, 5.41) is 0. The zero-order valence-electron chi connectivity index (χ0n) is 9.20. The lowest BCUT2D eigenvalue weighted by Crippen LogP contribution is -1.91. The summed E-state index contributed by atoms with van der Waals surface area (Å²) in [5.41, 5.74) is 7.50. The molecular weight excluding hydrogens is 268 g/mol. The summed E-state index contributed by atoms with van der Waals surface area (Å²) in [6.07, 6.45) is 0. The van der Waals surface area contributed by atoms with Crippen molar-refractivity contribution >= 4 is 21.9 Å². The molecule has 4 heteroatoms. The minimum atomic E-state index is 0.224. The first kappa shape index (κ1) is 11.2. The van der Waals surface area contributed by atoms with E-state index in [-0.39, 0.29) is 6.01 Å². The Morgan fingerprint density at radius 1 is 1.25 bits per heavy atom. The number of nitrogens with two attached hydrogens (primary N) is 1. The van der Waals surface area contributed by atoms with Crippen LogP contribution in [0.2, 0.25) is 0 Å². The quantitative estimate of drug-likeness (QED) is 0.910. The second-order valence-corrected chi connectivity index (χ2v) is 4.84. The minimum Gasteiger partial charge on any atom is -0.423 e. The van der Waals surface area contributed by atoms with Crippen molar-refractivity contribution in [3.63, 3.8) is 0 Å². The highest BCUT2D eigenvalue weighted by Gasteiger charge is 2.16. The molecule has 1 heterocycles. The SMILES string of the molecule is CC(C)c1nc(N)oc1-c1ccc(Br)cc1. The van der Waals surface area contributed by atoms with Crippen molar-refractivity contribution in [3.05, 3.63) is 34.4 Å². The van der Waals surface area contributed by atoms with Gasteiger partial charge < -0.3 is 10.2 Å². The number of hydrogen-bond donors (Lipinski definition) is 1. The van der Waals surface area contributed by atoms with E-state index in [4.69, 9.17) is 10.2 Å². The summed E-state index contributed by atoms with van der Waals surface area (Å²) >= 11 is 3.40. The van der Waals surface area contributed by atoms with Crippen LogP contribution in [0.4, 0.5) is 6.01 Å². The lowest BCUT2D eigenvalue weighted by atomic mass is 10.0. The maximum Gasteiger partial charge on any atom is 0.292 e. The van der Waals surface area contributed by atoms with E-state index in [1.807, 2.05) is 24.3 Å². The van der Waals surface area contributed by atoms with E-state index in [0.717, 1.165) is 21.5 Å². The molecule has 1 aromatic heterocycles. The van der Waals surface area contributed by atoms with Gasteiger partial charge in [0.25, 0.3) is 6.01 Å². The van der Waals surface area contributed by atoms with Crippen LogP contribution < -0.4 is 5.73 Å². The molecule has 0 atom stereocenters. The molecule has 0 saturated carbocycles. The predicted molar refractivity (Wildman–Crippen MR) is 68.1 cm³/mol. The molecule has 0 aliphatic carbocycles. The van der Waals surface area contributed by atoms with Gasteiger partial charge in [-0.3, -0.25) is 0 Å². The normalized spacial score (nSPS) is 11.0. The average molecular weight is 281 g/mol. The molecule has 0 amide bonds. The number of nitrogens with zero attached hydrogens (tertiary/aromatic N) is 1. The second kappa shape index (κ2) is 4.29. The van der Waals surface area contributed by atoms with E-state index < -0.39 is 0 Å². The number of nitrogen functional groups attached to an aromatic ring is 1. The van der Waals surface area contributed by atoms with Gasteiger partial charge in [-0.2, -0.15) is 4.98 Å². The van der Waals surface area contributed by atoms with Crippen molar-refractivity contribution in [2.45, 2.75) is 19.8 Å². The average Bonchev–Trinajstić information content (AvgIpc) is 2.61. The van der Waals surface area contributed by atoms with E-state index in [1.54, 1.807) is 0 Å². The molecule has 0 aliphatic heterocycles. The second-order valence-electron chi connectivity index (χ2n) is 3.93. The molecule has 0 bridgehead atoms. The van der Waals surface area contributed by atoms with E-state index in [9.17, 15) is 0 Å². The lowest BCUT2D eigenvalue weighted by molar-refractivity contribution is 0.592. The van der Waals surface area contributed by atoms with Gasteiger partial charge in [0.1, 0.15) is 0 Å². The highest BCUT2D eigenvalue weighted by atomic mass is 79.9. The summed E-state index contributed by atoms with van der Waals surface area (Å²) in [5.74, 6) is 1.06. The Labute approximate surface area is 103 Å². The highest BCUT2D eigenvalue weighted by molar-refractivity contribution is 9.10. The summed E-state index contributed by atoms with van der Waals surface area (Å²) in [6, 6.07) is 8.13. The molecule has 2 N–H and O–H groups in total. The fraction of sp³-hybridized carbons (Fsp3) is 0.250. The molecule has 84 valence electrons. The van der Waals surface area contributed by atoms with Crippen LogP contribution in [-0.2, 0) is 0 Å². The van der Waals surface area contributed by atoms with Crippen LogP contribution in [-0.4, -0.2) is 4.98 Å². The molecule has 1 aromatic carbocycles. The maximum absolute atomic E-state index is 5.60. The van der Waals surface area contributed by atoms with Crippen LogP contribution in [0.1, 0.15) is 25.5 Å². The third-order valence-electron chi connectivity index (χ3n) is 2.32. The fourth-order valence-electron chi connectivity index (χ4n) is 1.55. The van der Waals surface area contributed by atoms with Crippen LogP contribution in [0.3, 0.4) is 0 Å². The highest BCUT2D eigenvalue weighted by Crippen LogP contribution is 2.31. The monoisotopic (exact) mass is 280 g/mol. The van der Waals surface area contributed by atoms with Crippen LogP contribution in [0.15, 0.2) is 33.2 Å². The van der Waals surface area contributed by atoms with Crippen molar-refractivity contribution in [3.8, 4) is 11.3 Å². The van der Waals surface area contributed by atoms with Gasteiger partial charge in [-0.05, 0) is 18.1 Å². The molecule has 0 aliphatic rings. The third-order valence-corrected chi connectivity index (χ3v) is 2.85. The Kier molecular flexibility index (Phi) is 3.01. The predicted octanol–water partition coefficient (Wildman–Crippen LogP) is 3.81. The van der Waals surface area contributed by atoms with Crippen molar-refractivity contribution in [1.82, 2.24) is 4.98 Å². The molecule has 0 unspecified atom stereocenters. The van der Waals surface area contributed by atoms with Crippen molar-refractivity contribution in [2.75, 3.05) is 5.73 Å². The molecule has 0 spiro atoms. The van der Waals surface area contributed by atoms with Gasteiger partial charge in [0, 0.05) is 10.0 Å². The Hall–Kier alpha value is -1.29. The number of hydrogen-bond acceptors (Lipinski definition) is 3. The van der Waals surface area contributed by atoms with E-state index in [0.29, 0.717) is 5.92 Å². The van der Waals surface area contributed by atoms with Crippen molar-refractivity contribution < 1.29 is 4.42 Å². The first-order chi connectivity index (χ1) is 7.58. The van der Waals surface area contributed by atoms with Crippen molar-refractivity contribution in [2.24, 2.45) is 0 Å². The molecule has 2 rings (SSSR count). The molecule has 0 fully saturated rings. The Morgan fingerprint density at radius 3 is 2.44 bits per heavy atom. The van der Waals surface area contributed by atoms with E-state index in [2.05, 4.69) is 34.8 Å². The van der Waals surface area contributed by atoms with Crippen LogP contribution in [0.5, 0.6) is 0 Å². The molecular formula is C12H13BrN2O. The van der Waals surface area contributed by atoms with Gasteiger partial charge in [0.15, 0.2) is 5.76 Å². The van der Waals surface area contributed by atoms with Crippen LogP contribution in [0.25, 0.3) is 11.3 Å². The lowest BCUT2D eigenvalue weighted by Gasteiger charge is -2.03. The number of anilines is 1. The molecule has 3 nitrogen and oxygen atoms in total. The minimum absolute atomic E-state index is 0.224. The Morgan fingerprint density at radius 2 is 1.88 bits per heavy atom. The molecule has 0 saturated heterocycles. The Bertz CT molecular complexity index is 488. The number of halogens is 1. The zero-order valence-corrected chi connectivity index (χ0v) is 10.8. The smallest absolute Gasteiger partial charge is 0.292 e. The van der Waals surface area contributed by atoms with Gasteiger partial charge in [0.05, 0.1) is 5.69 Å². The number of aromatic nitrogens is 1. The first-order valence-corrected chi connectivity index (χ1v) is 5.89. The maximum atomic E-state index is 5.60. The fourth-order valence-corrected chi connectivity index (χ4v) is 1.81. The summed E-state index contributed by atoms with van der Waals surface area (Å²) < 4.78 is 6.49. The summed E-state index contributed by atoms with van der Waals surface area (Å²) in [6.45, 7) is 4.14. The van der Waals surface area contributed by atoms with Gasteiger partial charge in [-0.25, -0.2) is 0 Å². The van der Waals surface area contributed by atoms with Gasteiger partial charge in [-0.1, -0.05) is 41.9 Å². The van der Waals surface area contributed by atoms with Crippen molar-refractivity contribution in [1.29, 1.82) is 0 Å². The standard InChI is InChI=1S/C12H13BrN2O/c1-7(2)10-11(16-12(14)15-10)8-3-5-9(13)6-4-8/h3-7H,1-2H3,(H2,14,15). The molecule has 0 radical (unpaired) electrons. The third kappa shape index (κ3) is 2.11. The van der Waals surface area contributed by atoms with Crippen LogP contribution >= 0.6 is 15.9 Å². The molecule has 16 heavy (non-hydrogen) atoms. The van der Waals surface area contributed by atoms with Crippen LogP contribution in [0, 0.1) is 0 Å². The number of oxazole rings is 1. The number of benzene rings is 1. The van der Waals surface area contributed by atoms with E-state index in [1.165, 1.54) is 0 Å². The van der Waals surface area contributed by atoms with E-state index >= 15 is 0 Å². The summed E-state index contributed by atoms with van der Waals surface area (Å²) in [4.78, 5) is 4.21. The summed E-state index contributed by atoms with van der Waals surface area (Å²) in [7, 11) is 0. The van der Waals surface area contributed by atoms with Gasteiger partial charge >= 0.3 is 0 Å². The number of rotatable bonds is 2. The Balaban J connectivity index is 2.50. The first-order valence-electron chi connectivity index (χ1n) is 5.10. The molecule has 2 aromatic rings. The largest absolute Gasteiger partial charge is 0.423 e. The zero-order chi connectivity index (χ0) is 11.7. The topological polar surface area (TPSA) is 52.0 Å². The van der Waals surface area contributed by atoms with Gasteiger partial charge in [-0.15, -0.1) is 0 Å².